The summed E-state index contributed by atoms with van der Waals surface area (Å²) in [4.78, 5) is 15.6. The summed E-state index contributed by atoms with van der Waals surface area (Å²) in [6.45, 7) is 3.92. The van der Waals surface area contributed by atoms with Crippen molar-refractivity contribution in [3.05, 3.63) is 41.2 Å². The van der Waals surface area contributed by atoms with Gasteiger partial charge in [0.2, 0.25) is 11.8 Å². The van der Waals surface area contributed by atoms with Gasteiger partial charge in [0.1, 0.15) is 0 Å². The summed E-state index contributed by atoms with van der Waals surface area (Å²) >= 11 is 0. The average molecular weight is 245 g/mol. The molecule has 1 heterocycles. The highest BCUT2D eigenvalue weighted by atomic mass is 16.2. The number of nitrogen functional groups attached to an aromatic ring is 1. The van der Waals surface area contributed by atoms with Crippen LogP contribution in [0.5, 0.6) is 0 Å². The van der Waals surface area contributed by atoms with Crippen LogP contribution in [0.25, 0.3) is 0 Å². The number of rotatable bonds is 3. The molecule has 18 heavy (non-hydrogen) atoms. The number of hydrogen-bond acceptors (Lipinski definition) is 4. The Labute approximate surface area is 105 Å². The van der Waals surface area contributed by atoms with Gasteiger partial charge < -0.3 is 11.1 Å². The molecule has 1 aromatic heterocycles. The van der Waals surface area contributed by atoms with E-state index < -0.39 is 0 Å². The number of nitrogens with one attached hydrogen (secondary N) is 2. The maximum Gasteiger partial charge on any atom is 0.289 e. The lowest BCUT2D eigenvalue weighted by Crippen LogP contribution is -2.27. The molecule has 4 N–H and O–H groups in total. The molecule has 0 saturated heterocycles. The monoisotopic (exact) mass is 245 g/mol. The molecule has 6 nitrogen and oxygen atoms in total. The van der Waals surface area contributed by atoms with Crippen molar-refractivity contribution in [3.8, 4) is 0 Å². The zero-order valence-electron chi connectivity index (χ0n) is 10.3. The lowest BCUT2D eigenvalue weighted by atomic mass is 10.1. The zero-order chi connectivity index (χ0) is 13.1. The molecule has 1 aromatic carbocycles. The van der Waals surface area contributed by atoms with Crippen LogP contribution in [0, 0.1) is 6.92 Å². The molecule has 0 aliphatic heterocycles. The van der Waals surface area contributed by atoms with E-state index in [4.69, 9.17) is 5.73 Å². The molecular weight excluding hydrogens is 230 g/mol. The summed E-state index contributed by atoms with van der Waals surface area (Å²) in [6, 6.07) is 7.86. The highest BCUT2D eigenvalue weighted by Crippen LogP contribution is 2.13. The second-order valence-electron chi connectivity index (χ2n) is 4.15. The van der Waals surface area contributed by atoms with Gasteiger partial charge in [-0.3, -0.25) is 9.89 Å². The van der Waals surface area contributed by atoms with Gasteiger partial charge in [0.05, 0.1) is 6.04 Å². The molecule has 0 saturated carbocycles. The van der Waals surface area contributed by atoms with Gasteiger partial charge in [0.15, 0.2) is 0 Å². The molecule has 0 aliphatic rings. The van der Waals surface area contributed by atoms with Crippen LogP contribution in [-0.2, 0) is 0 Å². The van der Waals surface area contributed by atoms with Gasteiger partial charge in [-0.15, -0.1) is 5.10 Å². The number of hydrogen-bond donors (Lipinski definition) is 3. The van der Waals surface area contributed by atoms with Crippen LogP contribution >= 0.6 is 0 Å². The van der Waals surface area contributed by atoms with Gasteiger partial charge in [0.25, 0.3) is 5.91 Å². The van der Waals surface area contributed by atoms with Crippen LogP contribution in [0.2, 0.25) is 0 Å². The van der Waals surface area contributed by atoms with Crippen molar-refractivity contribution in [3.63, 3.8) is 0 Å². The Morgan fingerprint density at radius 2 is 2.06 bits per heavy atom. The molecule has 6 heteroatoms. The van der Waals surface area contributed by atoms with Crippen LogP contribution in [0.1, 0.15) is 34.7 Å². The second-order valence-corrected chi connectivity index (χ2v) is 4.15. The number of nitrogens with two attached hydrogens (primary N) is 1. The number of nitrogens with zero attached hydrogens (tertiary/aromatic N) is 2. The number of aromatic amines is 1. The van der Waals surface area contributed by atoms with Gasteiger partial charge in [-0.25, -0.2) is 0 Å². The first-order chi connectivity index (χ1) is 8.56. The summed E-state index contributed by atoms with van der Waals surface area (Å²) in [5.41, 5.74) is 7.55. The van der Waals surface area contributed by atoms with E-state index in [-0.39, 0.29) is 23.7 Å². The molecule has 94 valence electrons. The van der Waals surface area contributed by atoms with E-state index in [0.717, 1.165) is 5.56 Å². The van der Waals surface area contributed by atoms with Crippen LogP contribution in [0.15, 0.2) is 24.3 Å². The number of aromatic nitrogens is 3. The molecule has 0 bridgehead atoms. The molecule has 0 unspecified atom stereocenters. The SMILES string of the molecule is Cc1ccc([C@@H](C)NC(=O)c2nc(N)n[nH]2)cc1. The highest BCUT2D eigenvalue weighted by Gasteiger charge is 2.14. The van der Waals surface area contributed by atoms with Crippen molar-refractivity contribution in [2.24, 2.45) is 0 Å². The van der Waals surface area contributed by atoms with Gasteiger partial charge in [0, 0.05) is 0 Å². The summed E-state index contributed by atoms with van der Waals surface area (Å²) in [5, 5.41) is 8.90. The van der Waals surface area contributed by atoms with Gasteiger partial charge in [-0.1, -0.05) is 29.8 Å². The maximum atomic E-state index is 11.8. The number of amides is 1. The van der Waals surface area contributed by atoms with Crippen molar-refractivity contribution in [1.82, 2.24) is 20.5 Å². The van der Waals surface area contributed by atoms with Crippen LogP contribution in [0.4, 0.5) is 5.95 Å². The first-order valence-corrected chi connectivity index (χ1v) is 5.61. The number of H-pyrrole nitrogens is 1. The maximum absolute atomic E-state index is 11.8. The molecule has 2 aromatic rings. The Morgan fingerprint density at radius 3 is 2.61 bits per heavy atom. The minimum absolute atomic E-state index is 0.0585. The third-order valence-corrected chi connectivity index (χ3v) is 2.64. The minimum Gasteiger partial charge on any atom is -0.366 e. The molecular formula is C12H15N5O. The smallest absolute Gasteiger partial charge is 0.289 e. The van der Waals surface area contributed by atoms with E-state index in [1.165, 1.54) is 5.56 Å². The van der Waals surface area contributed by atoms with E-state index in [0.29, 0.717) is 0 Å². The van der Waals surface area contributed by atoms with E-state index in [1.807, 2.05) is 38.1 Å². The van der Waals surface area contributed by atoms with Crippen molar-refractivity contribution < 1.29 is 4.79 Å². The molecule has 0 spiro atoms. The highest BCUT2D eigenvalue weighted by molar-refractivity contribution is 5.90. The van der Waals surface area contributed by atoms with E-state index in [1.54, 1.807) is 0 Å². The van der Waals surface area contributed by atoms with Crippen LogP contribution in [0.3, 0.4) is 0 Å². The second kappa shape index (κ2) is 4.87. The van der Waals surface area contributed by atoms with E-state index in [9.17, 15) is 4.79 Å². The molecule has 1 atom stereocenters. The Hall–Kier alpha value is -2.37. The summed E-state index contributed by atoms with van der Waals surface area (Å²) in [5.74, 6) is -0.151. The first-order valence-electron chi connectivity index (χ1n) is 5.61. The number of carbonyl (C=O) groups excluding carboxylic acids is 1. The molecule has 0 aliphatic carbocycles. The van der Waals surface area contributed by atoms with Crippen molar-refractivity contribution >= 4 is 11.9 Å². The number of carbonyl (C=O) groups is 1. The molecule has 0 fully saturated rings. The van der Waals surface area contributed by atoms with E-state index >= 15 is 0 Å². The van der Waals surface area contributed by atoms with Gasteiger partial charge in [-0.2, -0.15) is 4.98 Å². The minimum atomic E-state index is -0.327. The predicted octanol–water partition coefficient (Wildman–Crippen LogP) is 1.19. The lowest BCUT2D eigenvalue weighted by molar-refractivity contribution is 0.0930. The predicted molar refractivity (Wildman–Crippen MR) is 67.9 cm³/mol. The van der Waals surface area contributed by atoms with Crippen molar-refractivity contribution in [2.75, 3.05) is 5.73 Å². The van der Waals surface area contributed by atoms with Crippen LogP contribution in [-0.4, -0.2) is 21.1 Å². The Balaban J connectivity index is 2.05. The molecule has 2 rings (SSSR count). The van der Waals surface area contributed by atoms with Gasteiger partial charge in [-0.05, 0) is 19.4 Å². The summed E-state index contributed by atoms with van der Waals surface area (Å²) in [7, 11) is 0. The third-order valence-electron chi connectivity index (χ3n) is 2.64. The van der Waals surface area contributed by atoms with Crippen molar-refractivity contribution in [2.45, 2.75) is 19.9 Å². The van der Waals surface area contributed by atoms with Crippen molar-refractivity contribution in [1.29, 1.82) is 0 Å². The number of benzene rings is 1. The summed E-state index contributed by atoms with van der Waals surface area (Å²) in [6.07, 6.45) is 0. The largest absolute Gasteiger partial charge is 0.366 e. The lowest BCUT2D eigenvalue weighted by Gasteiger charge is -2.13. The Morgan fingerprint density at radius 1 is 1.39 bits per heavy atom. The topological polar surface area (TPSA) is 96.7 Å². The first kappa shape index (κ1) is 12.1. The molecule has 0 radical (unpaired) electrons. The zero-order valence-corrected chi connectivity index (χ0v) is 10.3. The fourth-order valence-electron chi connectivity index (χ4n) is 1.58. The third kappa shape index (κ3) is 2.65. The Bertz CT molecular complexity index is 546. The fourth-order valence-corrected chi connectivity index (χ4v) is 1.58. The normalized spacial score (nSPS) is 12.1. The number of aryl methyl sites for hydroxylation is 1. The number of anilines is 1. The standard InChI is InChI=1S/C12H15N5O/c1-7-3-5-9(6-4-7)8(2)14-11(18)10-15-12(13)17-16-10/h3-6,8H,1-2H3,(H,14,18)(H3,13,15,16,17)/t8-/m1/s1. The summed E-state index contributed by atoms with van der Waals surface area (Å²) < 4.78 is 0. The average Bonchev–Trinajstić information content (AvgIpc) is 2.76. The van der Waals surface area contributed by atoms with Gasteiger partial charge >= 0.3 is 0 Å². The fraction of sp³-hybridized carbons (Fsp3) is 0.250. The van der Waals surface area contributed by atoms with Crippen LogP contribution < -0.4 is 11.1 Å². The van der Waals surface area contributed by atoms with E-state index in [2.05, 4.69) is 20.5 Å². The Kier molecular flexibility index (Phi) is 3.27. The molecule has 1 amide bonds. The quantitative estimate of drug-likeness (QED) is 0.756.